The molecule has 1 N–H and O–H groups in total. The summed E-state index contributed by atoms with van der Waals surface area (Å²) in [6, 6.07) is 3.33. The first-order chi connectivity index (χ1) is 8.82. The summed E-state index contributed by atoms with van der Waals surface area (Å²) in [7, 11) is 0. The SMILES string of the molecule is N#Cc1cnc(-c2c(Cl)cc(C(F)(F)F)cc2Cl)[nH]1. The second-order valence-electron chi connectivity index (χ2n) is 3.57. The number of H-pyrrole nitrogens is 1. The van der Waals surface area contributed by atoms with Crippen LogP contribution in [0.5, 0.6) is 0 Å². The van der Waals surface area contributed by atoms with Gasteiger partial charge in [0.1, 0.15) is 17.6 Å². The van der Waals surface area contributed by atoms with Gasteiger partial charge in [0, 0.05) is 0 Å². The molecule has 19 heavy (non-hydrogen) atoms. The van der Waals surface area contributed by atoms with Gasteiger partial charge in [-0.2, -0.15) is 18.4 Å². The zero-order valence-electron chi connectivity index (χ0n) is 9.02. The lowest BCUT2D eigenvalue weighted by atomic mass is 10.1. The van der Waals surface area contributed by atoms with Crippen molar-refractivity contribution in [2.24, 2.45) is 0 Å². The Kier molecular flexibility index (Phi) is 3.43. The van der Waals surface area contributed by atoms with Crippen LogP contribution < -0.4 is 0 Å². The van der Waals surface area contributed by atoms with Crippen molar-refractivity contribution in [1.29, 1.82) is 5.26 Å². The van der Waals surface area contributed by atoms with Gasteiger partial charge in [0.15, 0.2) is 0 Å². The van der Waals surface area contributed by atoms with Crippen LogP contribution in [0.15, 0.2) is 18.3 Å². The zero-order valence-corrected chi connectivity index (χ0v) is 10.5. The zero-order chi connectivity index (χ0) is 14.2. The average molecular weight is 306 g/mol. The molecule has 98 valence electrons. The van der Waals surface area contributed by atoms with Crippen molar-refractivity contribution in [2.45, 2.75) is 6.18 Å². The Morgan fingerprint density at radius 3 is 2.21 bits per heavy atom. The summed E-state index contributed by atoms with van der Waals surface area (Å²) < 4.78 is 37.7. The second kappa shape index (κ2) is 4.76. The summed E-state index contributed by atoms with van der Waals surface area (Å²) in [5.74, 6) is 0.139. The minimum absolute atomic E-state index is 0.123. The van der Waals surface area contributed by atoms with Crippen LogP contribution >= 0.6 is 23.2 Å². The molecule has 2 aromatic rings. The van der Waals surface area contributed by atoms with Crippen molar-refractivity contribution in [2.75, 3.05) is 0 Å². The van der Waals surface area contributed by atoms with Crippen molar-refractivity contribution in [1.82, 2.24) is 9.97 Å². The number of hydrogen-bond acceptors (Lipinski definition) is 2. The van der Waals surface area contributed by atoms with E-state index in [1.807, 2.05) is 6.07 Å². The van der Waals surface area contributed by atoms with Crippen LogP contribution in [0.1, 0.15) is 11.3 Å². The van der Waals surface area contributed by atoms with E-state index in [2.05, 4.69) is 9.97 Å². The molecule has 0 saturated carbocycles. The molecule has 2 rings (SSSR count). The van der Waals surface area contributed by atoms with E-state index in [0.717, 1.165) is 12.1 Å². The standard InChI is InChI=1S/C11H4Cl2F3N3/c12-7-1-5(11(14,15)16)2-8(13)9(7)10-18-4-6(3-17)19-10/h1-2,4H,(H,18,19). The molecule has 0 saturated heterocycles. The number of rotatable bonds is 1. The fourth-order valence-corrected chi connectivity index (χ4v) is 2.13. The minimum Gasteiger partial charge on any atom is -0.330 e. The predicted octanol–water partition coefficient (Wildman–Crippen LogP) is 4.27. The Morgan fingerprint density at radius 1 is 1.21 bits per heavy atom. The molecule has 0 aliphatic rings. The molecule has 0 atom stereocenters. The number of nitriles is 1. The Labute approximate surface area is 115 Å². The molecule has 0 amide bonds. The van der Waals surface area contributed by atoms with Crippen LogP contribution in [0, 0.1) is 11.3 Å². The highest BCUT2D eigenvalue weighted by Gasteiger charge is 2.32. The smallest absolute Gasteiger partial charge is 0.330 e. The van der Waals surface area contributed by atoms with Crippen molar-refractivity contribution < 1.29 is 13.2 Å². The molecule has 3 nitrogen and oxygen atoms in total. The van der Waals surface area contributed by atoms with Crippen molar-refractivity contribution in [3.05, 3.63) is 39.6 Å². The lowest BCUT2D eigenvalue weighted by Gasteiger charge is -2.10. The maximum Gasteiger partial charge on any atom is 0.416 e. The fourth-order valence-electron chi connectivity index (χ4n) is 1.47. The van der Waals surface area contributed by atoms with Gasteiger partial charge < -0.3 is 4.98 Å². The predicted molar refractivity (Wildman–Crippen MR) is 63.8 cm³/mol. The molecule has 1 aromatic carbocycles. The van der Waals surface area contributed by atoms with E-state index in [-0.39, 0.29) is 27.1 Å². The number of aromatic amines is 1. The molecule has 8 heteroatoms. The van der Waals surface area contributed by atoms with Crippen LogP contribution in [-0.4, -0.2) is 9.97 Å². The van der Waals surface area contributed by atoms with E-state index in [9.17, 15) is 13.2 Å². The van der Waals surface area contributed by atoms with Gasteiger partial charge in [0.25, 0.3) is 0 Å². The molecule has 0 fully saturated rings. The first-order valence-corrected chi connectivity index (χ1v) is 5.60. The Balaban J connectivity index is 2.57. The monoisotopic (exact) mass is 305 g/mol. The molecule has 1 aromatic heterocycles. The summed E-state index contributed by atoms with van der Waals surface area (Å²) in [4.78, 5) is 6.44. The third-order valence-corrected chi connectivity index (χ3v) is 2.90. The number of aromatic nitrogens is 2. The van der Waals surface area contributed by atoms with Gasteiger partial charge in [-0.15, -0.1) is 0 Å². The maximum absolute atomic E-state index is 12.6. The Bertz CT molecular complexity index is 648. The van der Waals surface area contributed by atoms with Crippen molar-refractivity contribution >= 4 is 23.2 Å². The molecular weight excluding hydrogens is 302 g/mol. The van der Waals surface area contributed by atoms with E-state index in [1.165, 1.54) is 6.20 Å². The quantitative estimate of drug-likeness (QED) is 0.855. The van der Waals surface area contributed by atoms with Gasteiger partial charge in [0.2, 0.25) is 0 Å². The number of alkyl halides is 3. The highest BCUT2D eigenvalue weighted by molar-refractivity contribution is 6.39. The summed E-state index contributed by atoms with van der Waals surface area (Å²) in [6.45, 7) is 0. The van der Waals surface area contributed by atoms with Gasteiger partial charge in [-0.3, -0.25) is 0 Å². The van der Waals surface area contributed by atoms with E-state index in [1.54, 1.807) is 0 Å². The number of hydrogen-bond donors (Lipinski definition) is 1. The first-order valence-electron chi connectivity index (χ1n) is 4.84. The summed E-state index contributed by atoms with van der Waals surface area (Å²) in [6.07, 6.45) is -3.30. The number of benzene rings is 1. The minimum atomic E-state index is -4.53. The highest BCUT2D eigenvalue weighted by atomic mass is 35.5. The molecule has 0 spiro atoms. The molecule has 0 radical (unpaired) electrons. The van der Waals surface area contributed by atoms with Crippen LogP contribution in [-0.2, 0) is 6.18 Å². The maximum atomic E-state index is 12.6. The second-order valence-corrected chi connectivity index (χ2v) is 4.38. The van der Waals surface area contributed by atoms with E-state index < -0.39 is 11.7 Å². The van der Waals surface area contributed by atoms with E-state index in [4.69, 9.17) is 28.5 Å². The van der Waals surface area contributed by atoms with Gasteiger partial charge in [-0.25, -0.2) is 4.98 Å². The lowest BCUT2D eigenvalue weighted by molar-refractivity contribution is -0.137. The fraction of sp³-hybridized carbons (Fsp3) is 0.0909. The van der Waals surface area contributed by atoms with E-state index >= 15 is 0 Å². The average Bonchev–Trinajstić information content (AvgIpc) is 2.75. The van der Waals surface area contributed by atoms with Crippen molar-refractivity contribution in [3.63, 3.8) is 0 Å². The molecule has 0 aliphatic heterocycles. The summed E-state index contributed by atoms with van der Waals surface area (Å²) >= 11 is 11.6. The molecular formula is C11H4Cl2F3N3. The molecule has 0 aliphatic carbocycles. The Hall–Kier alpha value is -1.71. The molecule has 1 heterocycles. The van der Waals surface area contributed by atoms with Gasteiger partial charge in [-0.1, -0.05) is 23.2 Å². The largest absolute Gasteiger partial charge is 0.416 e. The van der Waals surface area contributed by atoms with Gasteiger partial charge in [0.05, 0.1) is 27.4 Å². The first kappa shape index (κ1) is 13.7. The van der Waals surface area contributed by atoms with Crippen LogP contribution in [0.2, 0.25) is 10.0 Å². The van der Waals surface area contributed by atoms with Crippen molar-refractivity contribution in [3.8, 4) is 17.5 Å². The topological polar surface area (TPSA) is 52.5 Å². The highest BCUT2D eigenvalue weighted by Crippen LogP contribution is 2.39. The lowest BCUT2D eigenvalue weighted by Crippen LogP contribution is -2.05. The van der Waals surface area contributed by atoms with Gasteiger partial charge in [-0.05, 0) is 12.1 Å². The van der Waals surface area contributed by atoms with Crippen LogP contribution in [0.3, 0.4) is 0 Å². The summed E-state index contributed by atoms with van der Waals surface area (Å²) in [5.41, 5.74) is -0.668. The Morgan fingerprint density at radius 2 is 1.79 bits per heavy atom. The number of halogens is 5. The third-order valence-electron chi connectivity index (χ3n) is 2.30. The van der Waals surface area contributed by atoms with Gasteiger partial charge >= 0.3 is 6.18 Å². The molecule has 0 unspecified atom stereocenters. The van der Waals surface area contributed by atoms with E-state index in [0.29, 0.717) is 0 Å². The summed E-state index contributed by atoms with van der Waals surface area (Å²) in [5, 5.41) is 8.26. The number of nitrogens with zero attached hydrogens (tertiary/aromatic N) is 2. The normalized spacial score (nSPS) is 11.4. The third kappa shape index (κ3) is 2.67. The number of imidazole rings is 1. The number of nitrogens with one attached hydrogen (secondary N) is 1. The van der Waals surface area contributed by atoms with Crippen LogP contribution in [0.4, 0.5) is 13.2 Å². The van der Waals surface area contributed by atoms with Crippen LogP contribution in [0.25, 0.3) is 11.4 Å². The molecule has 0 bridgehead atoms.